The van der Waals surface area contributed by atoms with E-state index in [9.17, 15) is 0 Å². The zero-order valence-electron chi connectivity index (χ0n) is 11.0. The van der Waals surface area contributed by atoms with Crippen molar-refractivity contribution in [2.45, 2.75) is 31.9 Å². The highest BCUT2D eigenvalue weighted by Gasteiger charge is 2.20. The van der Waals surface area contributed by atoms with E-state index in [1.54, 1.807) is 7.11 Å². The Bertz CT molecular complexity index is 401. The fourth-order valence-electron chi connectivity index (χ4n) is 2.40. The Morgan fingerprint density at radius 1 is 1.39 bits per heavy atom. The van der Waals surface area contributed by atoms with Crippen molar-refractivity contribution in [2.75, 3.05) is 25.1 Å². The predicted octanol–water partition coefficient (Wildman–Crippen LogP) is 3.08. The van der Waals surface area contributed by atoms with E-state index in [4.69, 9.17) is 10.5 Å². The Labute approximate surface area is 117 Å². The Hall–Kier alpha value is -0.580. The van der Waals surface area contributed by atoms with Crippen LogP contribution in [0.25, 0.3) is 0 Å². The number of halogens is 1. The molecule has 1 heterocycles. The van der Waals surface area contributed by atoms with E-state index in [0.717, 1.165) is 36.0 Å². The molecule has 0 unspecified atom stereocenters. The Kier molecular flexibility index (Phi) is 4.65. The smallest absolute Gasteiger partial charge is 0.0605 e. The number of anilines is 1. The van der Waals surface area contributed by atoms with Gasteiger partial charge in [-0.05, 0) is 53.4 Å². The highest BCUT2D eigenvalue weighted by Crippen LogP contribution is 2.31. The summed E-state index contributed by atoms with van der Waals surface area (Å²) >= 11 is 3.65. The van der Waals surface area contributed by atoms with Crippen molar-refractivity contribution in [3.63, 3.8) is 0 Å². The molecule has 2 rings (SSSR count). The third-order valence-electron chi connectivity index (χ3n) is 3.61. The lowest BCUT2D eigenvalue weighted by molar-refractivity contribution is 0.0819. The van der Waals surface area contributed by atoms with Crippen molar-refractivity contribution < 1.29 is 4.74 Å². The first-order valence-electron chi connectivity index (χ1n) is 6.44. The quantitative estimate of drug-likeness (QED) is 0.932. The van der Waals surface area contributed by atoms with E-state index in [2.05, 4.69) is 39.0 Å². The second-order valence-electron chi connectivity index (χ2n) is 4.92. The zero-order valence-corrected chi connectivity index (χ0v) is 12.6. The SMILES string of the molecule is COC1CCN(c2ccc([C@H](C)N)cc2Br)CC1. The summed E-state index contributed by atoms with van der Waals surface area (Å²) in [7, 11) is 1.80. The van der Waals surface area contributed by atoms with Gasteiger partial charge in [-0.2, -0.15) is 0 Å². The van der Waals surface area contributed by atoms with Gasteiger partial charge in [-0.1, -0.05) is 6.07 Å². The van der Waals surface area contributed by atoms with Gasteiger partial charge in [0.15, 0.2) is 0 Å². The number of ether oxygens (including phenoxy) is 1. The fourth-order valence-corrected chi connectivity index (χ4v) is 3.04. The number of hydrogen-bond acceptors (Lipinski definition) is 3. The van der Waals surface area contributed by atoms with Crippen LogP contribution in [0, 0.1) is 0 Å². The van der Waals surface area contributed by atoms with Gasteiger partial charge in [-0.25, -0.2) is 0 Å². The number of benzene rings is 1. The van der Waals surface area contributed by atoms with Crippen LogP contribution in [0.5, 0.6) is 0 Å². The largest absolute Gasteiger partial charge is 0.381 e. The number of hydrogen-bond donors (Lipinski definition) is 1. The average molecular weight is 313 g/mol. The van der Waals surface area contributed by atoms with Gasteiger partial charge in [0.25, 0.3) is 0 Å². The molecule has 2 N–H and O–H groups in total. The van der Waals surface area contributed by atoms with Gasteiger partial charge in [-0.15, -0.1) is 0 Å². The van der Waals surface area contributed by atoms with Crippen molar-refractivity contribution in [2.24, 2.45) is 5.73 Å². The van der Waals surface area contributed by atoms with Gasteiger partial charge in [0.05, 0.1) is 11.8 Å². The van der Waals surface area contributed by atoms with Crippen molar-refractivity contribution in [3.05, 3.63) is 28.2 Å². The molecule has 1 aromatic rings. The van der Waals surface area contributed by atoms with Crippen molar-refractivity contribution in [1.29, 1.82) is 0 Å². The molecule has 100 valence electrons. The molecule has 1 saturated heterocycles. The Morgan fingerprint density at radius 2 is 2.06 bits per heavy atom. The number of methoxy groups -OCH3 is 1. The molecule has 0 saturated carbocycles. The van der Waals surface area contributed by atoms with Crippen LogP contribution in [0.1, 0.15) is 31.4 Å². The third kappa shape index (κ3) is 3.05. The number of nitrogens with two attached hydrogens (primary N) is 1. The van der Waals surface area contributed by atoms with Gasteiger partial charge < -0.3 is 15.4 Å². The summed E-state index contributed by atoms with van der Waals surface area (Å²) in [6.45, 7) is 4.11. The monoisotopic (exact) mass is 312 g/mol. The summed E-state index contributed by atoms with van der Waals surface area (Å²) in [6.07, 6.45) is 2.61. The van der Waals surface area contributed by atoms with Gasteiger partial charge in [0.2, 0.25) is 0 Å². The van der Waals surface area contributed by atoms with Gasteiger partial charge >= 0.3 is 0 Å². The topological polar surface area (TPSA) is 38.5 Å². The molecule has 1 aromatic carbocycles. The predicted molar refractivity (Wildman–Crippen MR) is 79.0 cm³/mol. The molecule has 0 bridgehead atoms. The maximum absolute atomic E-state index is 5.90. The summed E-state index contributed by atoms with van der Waals surface area (Å²) in [5.41, 5.74) is 8.32. The molecule has 0 aliphatic carbocycles. The molecule has 0 radical (unpaired) electrons. The molecule has 1 aliphatic rings. The summed E-state index contributed by atoms with van der Waals surface area (Å²) in [5, 5.41) is 0. The maximum atomic E-state index is 5.90. The lowest BCUT2D eigenvalue weighted by Gasteiger charge is -2.33. The zero-order chi connectivity index (χ0) is 13.1. The highest BCUT2D eigenvalue weighted by atomic mass is 79.9. The second kappa shape index (κ2) is 6.04. The minimum absolute atomic E-state index is 0.0783. The van der Waals surface area contributed by atoms with E-state index >= 15 is 0 Å². The van der Waals surface area contributed by atoms with E-state index in [1.165, 1.54) is 5.69 Å². The fraction of sp³-hybridized carbons (Fsp3) is 0.571. The molecule has 0 spiro atoms. The lowest BCUT2D eigenvalue weighted by atomic mass is 10.1. The Morgan fingerprint density at radius 3 is 2.56 bits per heavy atom. The first-order chi connectivity index (χ1) is 8.61. The van der Waals surface area contributed by atoms with Crippen LogP contribution in [0.2, 0.25) is 0 Å². The molecule has 1 atom stereocenters. The summed E-state index contributed by atoms with van der Waals surface area (Å²) < 4.78 is 6.53. The number of piperidine rings is 1. The van der Waals surface area contributed by atoms with Crippen LogP contribution in [-0.2, 0) is 4.74 Å². The highest BCUT2D eigenvalue weighted by molar-refractivity contribution is 9.10. The minimum atomic E-state index is 0.0783. The first-order valence-corrected chi connectivity index (χ1v) is 7.24. The maximum Gasteiger partial charge on any atom is 0.0605 e. The van der Waals surface area contributed by atoms with E-state index < -0.39 is 0 Å². The van der Waals surface area contributed by atoms with E-state index in [0.29, 0.717) is 6.10 Å². The molecule has 3 nitrogen and oxygen atoms in total. The second-order valence-corrected chi connectivity index (χ2v) is 5.78. The third-order valence-corrected chi connectivity index (χ3v) is 4.25. The minimum Gasteiger partial charge on any atom is -0.381 e. The lowest BCUT2D eigenvalue weighted by Crippen LogP contribution is -2.36. The van der Waals surface area contributed by atoms with Crippen molar-refractivity contribution in [3.8, 4) is 0 Å². The van der Waals surface area contributed by atoms with Crippen LogP contribution < -0.4 is 10.6 Å². The van der Waals surface area contributed by atoms with Gasteiger partial charge in [0.1, 0.15) is 0 Å². The normalized spacial score (nSPS) is 19.0. The molecule has 1 aliphatic heterocycles. The Balaban J connectivity index is 2.10. The van der Waals surface area contributed by atoms with Crippen LogP contribution >= 0.6 is 15.9 Å². The summed E-state index contributed by atoms with van der Waals surface area (Å²) in [6, 6.07) is 6.49. The molecule has 0 amide bonds. The van der Waals surface area contributed by atoms with E-state index in [1.807, 2.05) is 6.92 Å². The van der Waals surface area contributed by atoms with Crippen LogP contribution in [0.15, 0.2) is 22.7 Å². The standard InChI is InChI=1S/C14H21BrN2O/c1-10(16)11-3-4-14(13(15)9-11)17-7-5-12(18-2)6-8-17/h3-4,9-10,12H,5-8,16H2,1-2H3/t10-/m0/s1. The van der Waals surface area contributed by atoms with Gasteiger partial charge in [-0.3, -0.25) is 0 Å². The molecular weight excluding hydrogens is 292 g/mol. The molecule has 4 heteroatoms. The van der Waals surface area contributed by atoms with Crippen molar-refractivity contribution in [1.82, 2.24) is 0 Å². The first kappa shape index (κ1) is 13.8. The van der Waals surface area contributed by atoms with Gasteiger partial charge in [0, 0.05) is 30.7 Å². The molecular formula is C14H21BrN2O. The average Bonchev–Trinajstić information content (AvgIpc) is 2.38. The van der Waals surface area contributed by atoms with Crippen LogP contribution in [-0.4, -0.2) is 26.3 Å². The molecule has 18 heavy (non-hydrogen) atoms. The van der Waals surface area contributed by atoms with Crippen LogP contribution in [0.3, 0.4) is 0 Å². The van der Waals surface area contributed by atoms with Crippen molar-refractivity contribution >= 4 is 21.6 Å². The van der Waals surface area contributed by atoms with E-state index in [-0.39, 0.29) is 6.04 Å². The molecule has 0 aromatic heterocycles. The van der Waals surface area contributed by atoms with Crippen LogP contribution in [0.4, 0.5) is 5.69 Å². The summed E-state index contributed by atoms with van der Waals surface area (Å²) in [5.74, 6) is 0. The molecule has 1 fully saturated rings. The number of nitrogens with zero attached hydrogens (tertiary/aromatic N) is 1. The summed E-state index contributed by atoms with van der Waals surface area (Å²) in [4.78, 5) is 2.41. The number of rotatable bonds is 3.